The Labute approximate surface area is 181 Å². The molecule has 6 nitrogen and oxygen atoms in total. The van der Waals surface area contributed by atoms with E-state index >= 15 is 0 Å². The molecule has 7 heteroatoms. The van der Waals surface area contributed by atoms with Gasteiger partial charge in [-0.05, 0) is 61.8 Å². The fourth-order valence-corrected chi connectivity index (χ4v) is 4.96. The minimum absolute atomic E-state index is 0.0686. The van der Waals surface area contributed by atoms with E-state index in [-0.39, 0.29) is 11.9 Å². The number of thiophene rings is 1. The molecule has 0 spiro atoms. The summed E-state index contributed by atoms with van der Waals surface area (Å²) in [7, 11) is 0. The van der Waals surface area contributed by atoms with Crippen LogP contribution in [-0.2, 0) is 6.42 Å². The smallest absolute Gasteiger partial charge is 0.254 e. The zero-order chi connectivity index (χ0) is 20.9. The van der Waals surface area contributed by atoms with E-state index in [4.69, 9.17) is 0 Å². The average Bonchev–Trinajstić information content (AvgIpc) is 3.45. The third kappa shape index (κ3) is 4.47. The second-order valence-corrected chi connectivity index (χ2v) is 8.90. The van der Waals surface area contributed by atoms with Gasteiger partial charge in [-0.1, -0.05) is 26.0 Å². The number of nitrogens with zero attached hydrogens (tertiary/aromatic N) is 4. The molecule has 3 aromatic heterocycles. The topological polar surface area (TPSA) is 63.1 Å². The van der Waals surface area contributed by atoms with Crippen LogP contribution >= 0.6 is 11.3 Å². The van der Waals surface area contributed by atoms with Crippen LogP contribution in [0.15, 0.2) is 48.1 Å². The van der Waals surface area contributed by atoms with Gasteiger partial charge in [0, 0.05) is 17.6 Å². The number of aromatic nitrogens is 3. The van der Waals surface area contributed by atoms with Crippen molar-refractivity contribution in [2.75, 3.05) is 19.6 Å². The van der Waals surface area contributed by atoms with Crippen LogP contribution in [0.5, 0.6) is 0 Å². The summed E-state index contributed by atoms with van der Waals surface area (Å²) in [6.45, 7) is 7.13. The van der Waals surface area contributed by atoms with E-state index in [1.807, 2.05) is 25.1 Å². The predicted octanol–water partition coefficient (Wildman–Crippen LogP) is 4.09. The maximum atomic E-state index is 13.1. The van der Waals surface area contributed by atoms with Gasteiger partial charge >= 0.3 is 0 Å². The molecule has 1 aliphatic rings. The van der Waals surface area contributed by atoms with Gasteiger partial charge in [-0.25, -0.2) is 9.67 Å². The highest BCUT2D eigenvalue weighted by atomic mass is 32.1. The Morgan fingerprint density at radius 2 is 2.10 bits per heavy atom. The summed E-state index contributed by atoms with van der Waals surface area (Å²) < 4.78 is 1.76. The first kappa shape index (κ1) is 20.8. The molecule has 30 heavy (non-hydrogen) atoms. The van der Waals surface area contributed by atoms with E-state index < -0.39 is 0 Å². The molecule has 1 atom stereocenters. The van der Waals surface area contributed by atoms with Crippen molar-refractivity contribution >= 4 is 17.2 Å². The Kier molecular flexibility index (Phi) is 6.59. The lowest BCUT2D eigenvalue weighted by Gasteiger charge is -2.36. The maximum Gasteiger partial charge on any atom is 0.254 e. The summed E-state index contributed by atoms with van der Waals surface area (Å²) in [4.78, 5) is 21.3. The molecule has 158 valence electrons. The molecule has 0 radical (unpaired) electrons. The summed E-state index contributed by atoms with van der Waals surface area (Å²) in [5, 5.41) is 9.74. The normalized spacial score (nSPS) is 16.5. The van der Waals surface area contributed by atoms with Gasteiger partial charge in [-0.2, -0.15) is 5.10 Å². The van der Waals surface area contributed by atoms with Crippen molar-refractivity contribution in [3.8, 4) is 5.82 Å². The molecule has 1 fully saturated rings. The lowest BCUT2D eigenvalue weighted by Crippen LogP contribution is -2.41. The van der Waals surface area contributed by atoms with E-state index in [2.05, 4.69) is 44.7 Å². The average molecular weight is 424 g/mol. The predicted molar refractivity (Wildman–Crippen MR) is 120 cm³/mol. The SMILES string of the molecule is CCc1c(C(=O)NCC(c2cccs2)N2CCC(C)CC2)cnn1-c1ccccn1. The third-order valence-electron chi connectivity index (χ3n) is 5.90. The Balaban J connectivity index is 1.49. The quantitative estimate of drug-likeness (QED) is 0.622. The van der Waals surface area contributed by atoms with Crippen LogP contribution in [0.1, 0.15) is 53.7 Å². The van der Waals surface area contributed by atoms with Crippen molar-refractivity contribution in [1.29, 1.82) is 0 Å². The lowest BCUT2D eigenvalue weighted by molar-refractivity contribution is 0.0914. The summed E-state index contributed by atoms with van der Waals surface area (Å²) in [5.41, 5.74) is 1.51. The first-order valence-electron chi connectivity index (χ1n) is 10.7. The molecule has 1 N–H and O–H groups in total. The van der Waals surface area contributed by atoms with E-state index in [1.54, 1.807) is 28.4 Å². The summed E-state index contributed by atoms with van der Waals surface area (Å²) in [5.74, 6) is 1.44. The van der Waals surface area contributed by atoms with Gasteiger partial charge in [0.15, 0.2) is 5.82 Å². The molecular weight excluding hydrogens is 394 g/mol. The minimum atomic E-state index is -0.0686. The Bertz CT molecular complexity index is 945. The highest BCUT2D eigenvalue weighted by Gasteiger charge is 2.26. The number of piperidine rings is 1. The standard InChI is InChI=1S/C23H29N5OS/c1-3-19-18(15-26-28(19)22-8-4-5-11-24-22)23(29)25-16-20(21-7-6-14-30-21)27-12-9-17(2)10-13-27/h4-8,11,14-15,17,20H,3,9-10,12-13,16H2,1-2H3,(H,25,29). The number of likely N-dealkylation sites (tertiary alicyclic amines) is 1. The van der Waals surface area contributed by atoms with Gasteiger partial charge in [0.1, 0.15) is 0 Å². The van der Waals surface area contributed by atoms with E-state index in [9.17, 15) is 4.79 Å². The largest absolute Gasteiger partial charge is 0.350 e. The molecule has 0 bridgehead atoms. The van der Waals surface area contributed by atoms with Gasteiger partial charge in [-0.15, -0.1) is 11.3 Å². The Hall–Kier alpha value is -2.51. The van der Waals surface area contributed by atoms with Crippen LogP contribution in [0, 0.1) is 5.92 Å². The van der Waals surface area contributed by atoms with Crippen molar-refractivity contribution < 1.29 is 4.79 Å². The number of carbonyl (C=O) groups excluding carboxylic acids is 1. The van der Waals surface area contributed by atoms with Gasteiger partial charge in [0.05, 0.1) is 23.5 Å². The zero-order valence-electron chi connectivity index (χ0n) is 17.6. The molecule has 1 aliphatic heterocycles. The van der Waals surface area contributed by atoms with Crippen molar-refractivity contribution in [2.45, 2.75) is 39.2 Å². The molecule has 1 saturated heterocycles. The summed E-state index contributed by atoms with van der Waals surface area (Å²) in [6.07, 6.45) is 6.53. The number of carbonyl (C=O) groups is 1. The second-order valence-electron chi connectivity index (χ2n) is 7.92. The molecular formula is C23H29N5OS. The molecule has 3 aromatic rings. The summed E-state index contributed by atoms with van der Waals surface area (Å²) in [6, 6.07) is 10.2. The van der Waals surface area contributed by atoms with Crippen LogP contribution in [0.25, 0.3) is 5.82 Å². The van der Waals surface area contributed by atoms with Crippen molar-refractivity contribution in [3.63, 3.8) is 0 Å². The maximum absolute atomic E-state index is 13.1. The van der Waals surface area contributed by atoms with Crippen LogP contribution in [0.4, 0.5) is 0 Å². The Morgan fingerprint density at radius 1 is 1.27 bits per heavy atom. The first-order chi connectivity index (χ1) is 14.7. The third-order valence-corrected chi connectivity index (χ3v) is 6.87. The van der Waals surface area contributed by atoms with Crippen LogP contribution < -0.4 is 5.32 Å². The van der Waals surface area contributed by atoms with E-state index in [0.717, 1.165) is 30.5 Å². The molecule has 1 unspecified atom stereocenters. The van der Waals surface area contributed by atoms with Crippen molar-refractivity contribution in [2.24, 2.45) is 5.92 Å². The molecule has 0 saturated carbocycles. The number of nitrogens with one attached hydrogen (secondary N) is 1. The number of amides is 1. The van der Waals surface area contributed by atoms with Crippen molar-refractivity contribution in [3.05, 3.63) is 64.2 Å². The molecule has 4 rings (SSSR count). The highest BCUT2D eigenvalue weighted by molar-refractivity contribution is 7.10. The fraction of sp³-hybridized carbons (Fsp3) is 0.435. The summed E-state index contributed by atoms with van der Waals surface area (Å²) >= 11 is 1.76. The zero-order valence-corrected chi connectivity index (χ0v) is 18.4. The van der Waals surface area contributed by atoms with Crippen LogP contribution in [-0.4, -0.2) is 45.2 Å². The number of hydrogen-bond donors (Lipinski definition) is 1. The molecule has 4 heterocycles. The second kappa shape index (κ2) is 9.53. The fourth-order valence-electron chi connectivity index (χ4n) is 4.10. The number of hydrogen-bond acceptors (Lipinski definition) is 5. The number of rotatable bonds is 7. The van der Waals surface area contributed by atoms with Crippen LogP contribution in [0.3, 0.4) is 0 Å². The van der Waals surface area contributed by atoms with Gasteiger partial charge in [0.25, 0.3) is 5.91 Å². The van der Waals surface area contributed by atoms with Gasteiger partial charge in [0.2, 0.25) is 0 Å². The lowest BCUT2D eigenvalue weighted by atomic mass is 9.97. The van der Waals surface area contributed by atoms with Crippen molar-refractivity contribution in [1.82, 2.24) is 25.0 Å². The first-order valence-corrected chi connectivity index (χ1v) is 11.6. The van der Waals surface area contributed by atoms with E-state index in [0.29, 0.717) is 18.5 Å². The Morgan fingerprint density at radius 3 is 2.77 bits per heavy atom. The van der Waals surface area contributed by atoms with Crippen LogP contribution in [0.2, 0.25) is 0 Å². The van der Waals surface area contributed by atoms with E-state index in [1.165, 1.54) is 17.7 Å². The minimum Gasteiger partial charge on any atom is -0.350 e. The molecule has 0 aliphatic carbocycles. The van der Waals surface area contributed by atoms with Gasteiger partial charge in [-0.3, -0.25) is 9.69 Å². The van der Waals surface area contributed by atoms with Gasteiger partial charge < -0.3 is 5.32 Å². The number of pyridine rings is 1. The highest BCUT2D eigenvalue weighted by Crippen LogP contribution is 2.29. The molecule has 0 aromatic carbocycles. The monoisotopic (exact) mass is 423 g/mol. The molecule has 1 amide bonds.